The number of hydrogen-bond acceptors (Lipinski definition) is 3. The first-order valence-corrected chi connectivity index (χ1v) is 9.25. The third-order valence-corrected chi connectivity index (χ3v) is 6.92. The Bertz CT molecular complexity index is 410. The first-order chi connectivity index (χ1) is 8.49. The van der Waals surface area contributed by atoms with Crippen LogP contribution in [0.1, 0.15) is 38.5 Å². The number of carbonyl (C=O) groups is 1. The van der Waals surface area contributed by atoms with Crippen molar-refractivity contribution < 1.29 is 13.2 Å². The molecular formula is C12H20BrNO3S. The Morgan fingerprint density at radius 1 is 1.22 bits per heavy atom. The van der Waals surface area contributed by atoms with Crippen LogP contribution in [-0.2, 0) is 14.6 Å². The summed E-state index contributed by atoms with van der Waals surface area (Å²) in [7, 11) is -3.20. The van der Waals surface area contributed by atoms with E-state index in [1.165, 1.54) is 0 Å². The molecule has 0 radical (unpaired) electrons. The van der Waals surface area contributed by atoms with Crippen LogP contribution in [0.15, 0.2) is 0 Å². The molecule has 2 aliphatic rings. The van der Waals surface area contributed by atoms with Gasteiger partial charge in [-0.3, -0.25) is 4.79 Å². The van der Waals surface area contributed by atoms with Gasteiger partial charge in [0, 0.05) is 11.4 Å². The van der Waals surface area contributed by atoms with Crippen LogP contribution in [0.2, 0.25) is 0 Å². The Kier molecular flexibility index (Phi) is 4.69. The third-order valence-electron chi connectivity index (χ3n) is 3.91. The van der Waals surface area contributed by atoms with Gasteiger partial charge in [-0.25, -0.2) is 8.42 Å². The molecule has 18 heavy (non-hydrogen) atoms. The molecule has 1 aliphatic heterocycles. The van der Waals surface area contributed by atoms with Crippen LogP contribution in [0, 0.1) is 5.92 Å². The summed E-state index contributed by atoms with van der Waals surface area (Å²) in [6.45, 7) is 0.618. The molecule has 1 saturated heterocycles. The van der Waals surface area contributed by atoms with Crippen molar-refractivity contribution in [2.24, 2.45) is 5.92 Å². The summed E-state index contributed by atoms with van der Waals surface area (Å²) in [5, 5.41) is 2.03. The van der Waals surface area contributed by atoms with Gasteiger partial charge < -0.3 is 5.32 Å². The maximum atomic E-state index is 11.9. The first-order valence-electron chi connectivity index (χ1n) is 6.62. The molecule has 1 saturated carbocycles. The topological polar surface area (TPSA) is 63.2 Å². The van der Waals surface area contributed by atoms with Gasteiger partial charge in [0.05, 0.1) is 5.75 Å². The second kappa shape index (κ2) is 5.90. The number of hydrogen-bond donors (Lipinski definition) is 1. The number of nitrogens with one attached hydrogen (secondary N) is 1. The predicted octanol–water partition coefficient (Wildman–Crippen LogP) is 1.63. The quantitative estimate of drug-likeness (QED) is 0.796. The number of carbonyl (C=O) groups excluding carboxylic acids is 1. The Labute approximate surface area is 117 Å². The maximum Gasteiger partial charge on any atom is 0.238 e. The SMILES string of the molecule is O=C(NCC1CCC(Br)C1)C1CCCCS1(=O)=O. The van der Waals surface area contributed by atoms with Crippen LogP contribution in [0.4, 0.5) is 0 Å². The monoisotopic (exact) mass is 337 g/mol. The average molecular weight is 338 g/mol. The second-order valence-electron chi connectivity index (χ2n) is 5.37. The summed E-state index contributed by atoms with van der Waals surface area (Å²) in [6, 6.07) is 0. The van der Waals surface area contributed by atoms with E-state index in [0.29, 0.717) is 30.1 Å². The molecule has 2 fully saturated rings. The lowest BCUT2D eigenvalue weighted by molar-refractivity contribution is -0.121. The first kappa shape index (κ1) is 14.3. The summed E-state index contributed by atoms with van der Waals surface area (Å²) in [5.41, 5.74) is 0. The lowest BCUT2D eigenvalue weighted by Crippen LogP contribution is -2.44. The highest BCUT2D eigenvalue weighted by molar-refractivity contribution is 9.09. The van der Waals surface area contributed by atoms with E-state index in [2.05, 4.69) is 21.2 Å². The van der Waals surface area contributed by atoms with Gasteiger partial charge in [-0.2, -0.15) is 0 Å². The zero-order valence-corrected chi connectivity index (χ0v) is 12.8. The van der Waals surface area contributed by atoms with E-state index in [1.807, 2.05) is 0 Å². The summed E-state index contributed by atoms with van der Waals surface area (Å²) in [5.74, 6) is 0.371. The molecule has 2 rings (SSSR count). The molecule has 1 aliphatic carbocycles. The van der Waals surface area contributed by atoms with E-state index >= 15 is 0 Å². The van der Waals surface area contributed by atoms with Gasteiger partial charge in [0.1, 0.15) is 5.25 Å². The fourth-order valence-electron chi connectivity index (χ4n) is 2.81. The summed E-state index contributed by atoms with van der Waals surface area (Å²) in [4.78, 5) is 12.5. The number of sulfone groups is 1. The Morgan fingerprint density at radius 2 is 2.00 bits per heavy atom. The molecule has 0 aromatic rings. The predicted molar refractivity (Wildman–Crippen MR) is 74.5 cm³/mol. The van der Waals surface area contributed by atoms with Crippen molar-refractivity contribution in [3.05, 3.63) is 0 Å². The van der Waals surface area contributed by atoms with Crippen LogP contribution < -0.4 is 5.32 Å². The van der Waals surface area contributed by atoms with Gasteiger partial charge in [0.2, 0.25) is 5.91 Å². The van der Waals surface area contributed by atoms with E-state index in [9.17, 15) is 13.2 Å². The summed E-state index contributed by atoms with van der Waals surface area (Å²) >= 11 is 3.57. The Hall–Kier alpha value is -0.100. The minimum Gasteiger partial charge on any atom is -0.355 e. The van der Waals surface area contributed by atoms with E-state index < -0.39 is 15.1 Å². The van der Waals surface area contributed by atoms with Crippen molar-refractivity contribution in [3.63, 3.8) is 0 Å². The van der Waals surface area contributed by atoms with Gasteiger partial charge in [0.25, 0.3) is 0 Å². The van der Waals surface area contributed by atoms with E-state index in [-0.39, 0.29) is 11.7 Å². The lowest BCUT2D eigenvalue weighted by Gasteiger charge is -2.22. The summed E-state index contributed by atoms with van der Waals surface area (Å²) in [6.07, 6.45) is 5.33. The van der Waals surface area contributed by atoms with Gasteiger partial charge in [-0.1, -0.05) is 22.4 Å². The van der Waals surface area contributed by atoms with Crippen molar-refractivity contribution >= 4 is 31.7 Å². The van der Waals surface area contributed by atoms with E-state index in [0.717, 1.165) is 25.7 Å². The highest BCUT2D eigenvalue weighted by Crippen LogP contribution is 2.30. The van der Waals surface area contributed by atoms with E-state index in [1.54, 1.807) is 0 Å². The molecule has 1 heterocycles. The molecule has 0 aromatic heterocycles. The third kappa shape index (κ3) is 3.47. The number of alkyl halides is 1. The molecule has 0 aromatic carbocycles. The zero-order valence-electron chi connectivity index (χ0n) is 10.4. The fraction of sp³-hybridized carbons (Fsp3) is 0.917. The highest BCUT2D eigenvalue weighted by atomic mass is 79.9. The Morgan fingerprint density at radius 3 is 2.61 bits per heavy atom. The molecule has 0 bridgehead atoms. The molecule has 1 amide bonds. The summed E-state index contributed by atoms with van der Waals surface area (Å²) < 4.78 is 23.6. The van der Waals surface area contributed by atoms with E-state index in [4.69, 9.17) is 0 Å². The lowest BCUT2D eigenvalue weighted by atomic mass is 10.1. The number of amides is 1. The van der Waals surface area contributed by atoms with Gasteiger partial charge in [-0.05, 0) is 38.0 Å². The van der Waals surface area contributed by atoms with Crippen molar-refractivity contribution in [3.8, 4) is 0 Å². The van der Waals surface area contributed by atoms with Gasteiger partial charge in [-0.15, -0.1) is 0 Å². The molecule has 104 valence electrons. The average Bonchev–Trinajstić information content (AvgIpc) is 2.71. The molecular weight excluding hydrogens is 318 g/mol. The number of halogens is 1. The van der Waals surface area contributed by atoms with Crippen LogP contribution in [0.5, 0.6) is 0 Å². The number of rotatable bonds is 3. The smallest absolute Gasteiger partial charge is 0.238 e. The molecule has 3 atom stereocenters. The molecule has 6 heteroatoms. The molecule has 3 unspecified atom stereocenters. The van der Waals surface area contributed by atoms with Crippen molar-refractivity contribution in [2.75, 3.05) is 12.3 Å². The minimum atomic E-state index is -3.20. The minimum absolute atomic E-state index is 0.165. The van der Waals surface area contributed by atoms with Crippen LogP contribution in [0.3, 0.4) is 0 Å². The standard InChI is InChI=1S/C12H20BrNO3S/c13-10-5-4-9(7-10)8-14-12(15)11-3-1-2-6-18(11,16)17/h9-11H,1-8H2,(H,14,15). The largest absolute Gasteiger partial charge is 0.355 e. The normalized spacial score (nSPS) is 35.3. The van der Waals surface area contributed by atoms with Gasteiger partial charge in [0.15, 0.2) is 9.84 Å². The highest BCUT2D eigenvalue weighted by Gasteiger charge is 2.35. The zero-order chi connectivity index (χ0) is 13.2. The van der Waals surface area contributed by atoms with Crippen LogP contribution in [-0.4, -0.2) is 36.7 Å². The van der Waals surface area contributed by atoms with Crippen molar-refractivity contribution in [1.82, 2.24) is 5.32 Å². The van der Waals surface area contributed by atoms with Gasteiger partial charge >= 0.3 is 0 Å². The fourth-order valence-corrected chi connectivity index (χ4v) is 5.43. The molecule has 0 spiro atoms. The van der Waals surface area contributed by atoms with Crippen molar-refractivity contribution in [2.45, 2.75) is 48.6 Å². The Balaban J connectivity index is 1.84. The molecule has 4 nitrogen and oxygen atoms in total. The van der Waals surface area contributed by atoms with Crippen LogP contribution >= 0.6 is 15.9 Å². The van der Waals surface area contributed by atoms with Crippen LogP contribution in [0.25, 0.3) is 0 Å². The molecule has 1 N–H and O–H groups in total. The maximum absolute atomic E-state index is 11.9. The van der Waals surface area contributed by atoms with Crippen molar-refractivity contribution in [1.29, 1.82) is 0 Å². The second-order valence-corrected chi connectivity index (χ2v) is 8.97.